The molecule has 3 nitrogen and oxygen atoms in total. The molecule has 1 saturated carbocycles. The van der Waals surface area contributed by atoms with Crippen LogP contribution in [0.5, 0.6) is 0 Å². The number of halogens is 1. The molecule has 2 aromatic rings. The summed E-state index contributed by atoms with van der Waals surface area (Å²) < 4.78 is 0. The maximum atomic E-state index is 6.08. The molecule has 1 aliphatic rings. The molecule has 1 atom stereocenters. The maximum Gasteiger partial charge on any atom is 0.135 e. The molecule has 0 spiro atoms. The summed E-state index contributed by atoms with van der Waals surface area (Å²) in [5, 5.41) is 6.10. The van der Waals surface area contributed by atoms with E-state index in [4.69, 9.17) is 11.6 Å². The van der Waals surface area contributed by atoms with Crippen LogP contribution < -0.4 is 5.32 Å². The van der Waals surface area contributed by atoms with Crippen LogP contribution in [0, 0.1) is 0 Å². The molecule has 2 heterocycles. The highest BCUT2D eigenvalue weighted by Crippen LogP contribution is 2.39. The van der Waals surface area contributed by atoms with Crippen molar-refractivity contribution in [2.75, 3.05) is 5.32 Å². The Labute approximate surface area is 122 Å². The molecule has 0 aliphatic heterocycles. The number of hydrogen-bond acceptors (Lipinski definition) is 4. The van der Waals surface area contributed by atoms with Crippen molar-refractivity contribution in [3.05, 3.63) is 39.4 Å². The second-order valence-corrected chi connectivity index (χ2v) is 6.20. The van der Waals surface area contributed by atoms with E-state index in [0.29, 0.717) is 11.1 Å². The van der Waals surface area contributed by atoms with Crippen molar-refractivity contribution in [3.63, 3.8) is 0 Å². The zero-order valence-electron chi connectivity index (χ0n) is 10.8. The Morgan fingerprint density at radius 2 is 2.32 bits per heavy atom. The molecule has 1 aliphatic carbocycles. The summed E-state index contributed by atoms with van der Waals surface area (Å²) in [6, 6.07) is 6.32. The second-order valence-electron chi connectivity index (χ2n) is 4.83. The number of nitrogens with zero attached hydrogens (tertiary/aromatic N) is 2. The predicted molar refractivity (Wildman–Crippen MR) is 80.0 cm³/mol. The maximum absolute atomic E-state index is 6.08. The standard InChI is InChI=1S/C14H16ClN3S/c1-2-10(11-4-3-7-19-11)16-13-8-12(15)17-14(18-13)9-5-6-9/h3-4,7-10H,2,5-6H2,1H3,(H,16,17,18). The van der Waals surface area contributed by atoms with E-state index in [2.05, 4.69) is 39.7 Å². The third kappa shape index (κ3) is 3.07. The average Bonchev–Trinajstić information content (AvgIpc) is 3.11. The SMILES string of the molecule is CCC(Nc1cc(Cl)nc(C2CC2)n1)c1cccs1. The number of aromatic nitrogens is 2. The Kier molecular flexibility index (Phi) is 3.71. The van der Waals surface area contributed by atoms with Gasteiger partial charge in [-0.25, -0.2) is 9.97 Å². The topological polar surface area (TPSA) is 37.8 Å². The molecule has 0 bridgehead atoms. The fourth-order valence-electron chi connectivity index (χ4n) is 2.08. The van der Waals surface area contributed by atoms with E-state index < -0.39 is 0 Å². The normalized spacial score (nSPS) is 16.3. The van der Waals surface area contributed by atoms with Gasteiger partial charge >= 0.3 is 0 Å². The Morgan fingerprint density at radius 3 is 2.95 bits per heavy atom. The lowest BCUT2D eigenvalue weighted by Gasteiger charge is -2.16. The summed E-state index contributed by atoms with van der Waals surface area (Å²) in [6.45, 7) is 2.17. The summed E-state index contributed by atoms with van der Waals surface area (Å²) in [7, 11) is 0. The highest BCUT2D eigenvalue weighted by molar-refractivity contribution is 7.10. The van der Waals surface area contributed by atoms with Gasteiger partial charge in [0.2, 0.25) is 0 Å². The third-order valence-corrected chi connectivity index (χ3v) is 4.45. The number of rotatable bonds is 5. The number of nitrogens with one attached hydrogen (secondary N) is 1. The van der Waals surface area contributed by atoms with Gasteiger partial charge in [-0.1, -0.05) is 24.6 Å². The molecule has 0 amide bonds. The lowest BCUT2D eigenvalue weighted by molar-refractivity contribution is 0.754. The van der Waals surface area contributed by atoms with Gasteiger partial charge in [0.1, 0.15) is 16.8 Å². The van der Waals surface area contributed by atoms with Crippen LogP contribution in [0.2, 0.25) is 5.15 Å². The van der Waals surface area contributed by atoms with Gasteiger partial charge in [-0.2, -0.15) is 0 Å². The first-order chi connectivity index (χ1) is 9.26. The monoisotopic (exact) mass is 293 g/mol. The molecular weight excluding hydrogens is 278 g/mol. The van der Waals surface area contributed by atoms with E-state index in [1.54, 1.807) is 11.3 Å². The summed E-state index contributed by atoms with van der Waals surface area (Å²) in [5.41, 5.74) is 0. The van der Waals surface area contributed by atoms with E-state index in [-0.39, 0.29) is 6.04 Å². The van der Waals surface area contributed by atoms with Crippen LogP contribution in [-0.4, -0.2) is 9.97 Å². The minimum absolute atomic E-state index is 0.290. The summed E-state index contributed by atoms with van der Waals surface area (Å²) >= 11 is 7.85. The van der Waals surface area contributed by atoms with Gasteiger partial charge in [0.25, 0.3) is 0 Å². The fraction of sp³-hybridized carbons (Fsp3) is 0.429. The zero-order valence-corrected chi connectivity index (χ0v) is 12.3. The first-order valence-corrected chi connectivity index (χ1v) is 7.86. The minimum Gasteiger partial charge on any atom is -0.362 e. The lowest BCUT2D eigenvalue weighted by atomic mass is 10.2. The number of thiophene rings is 1. The van der Waals surface area contributed by atoms with Gasteiger partial charge in [0.15, 0.2) is 0 Å². The van der Waals surface area contributed by atoms with Crippen LogP contribution >= 0.6 is 22.9 Å². The van der Waals surface area contributed by atoms with Gasteiger partial charge in [-0.15, -0.1) is 11.3 Å². The van der Waals surface area contributed by atoms with Crippen LogP contribution in [0.15, 0.2) is 23.6 Å². The molecule has 2 aromatic heterocycles. The summed E-state index contributed by atoms with van der Waals surface area (Å²) in [5.74, 6) is 2.24. The van der Waals surface area contributed by atoms with Gasteiger partial charge < -0.3 is 5.32 Å². The van der Waals surface area contributed by atoms with E-state index in [1.165, 1.54) is 17.7 Å². The number of anilines is 1. The van der Waals surface area contributed by atoms with Crippen LogP contribution in [0.3, 0.4) is 0 Å². The molecule has 1 unspecified atom stereocenters. The van der Waals surface area contributed by atoms with Gasteiger partial charge in [-0.3, -0.25) is 0 Å². The van der Waals surface area contributed by atoms with Gasteiger partial charge in [0.05, 0.1) is 6.04 Å². The highest BCUT2D eigenvalue weighted by atomic mass is 35.5. The Bertz CT molecular complexity index is 552. The molecule has 1 fully saturated rings. The van der Waals surface area contributed by atoms with Crippen molar-refractivity contribution in [2.24, 2.45) is 0 Å². The van der Waals surface area contributed by atoms with E-state index >= 15 is 0 Å². The molecular formula is C14H16ClN3S. The van der Waals surface area contributed by atoms with Crippen molar-refractivity contribution < 1.29 is 0 Å². The molecule has 100 valence electrons. The first kappa shape index (κ1) is 12.9. The van der Waals surface area contributed by atoms with Crippen LogP contribution in [0.25, 0.3) is 0 Å². The molecule has 19 heavy (non-hydrogen) atoms. The first-order valence-electron chi connectivity index (χ1n) is 6.60. The molecule has 0 radical (unpaired) electrons. The molecule has 1 N–H and O–H groups in total. The summed E-state index contributed by atoms with van der Waals surface area (Å²) in [6.07, 6.45) is 3.38. The Hall–Kier alpha value is -1.13. The van der Waals surface area contributed by atoms with Crippen molar-refractivity contribution in [1.29, 1.82) is 0 Å². The highest BCUT2D eigenvalue weighted by Gasteiger charge is 2.27. The van der Waals surface area contributed by atoms with Gasteiger partial charge in [0, 0.05) is 16.9 Å². The van der Waals surface area contributed by atoms with Gasteiger partial charge in [-0.05, 0) is 30.7 Å². The quantitative estimate of drug-likeness (QED) is 0.817. The summed E-state index contributed by atoms with van der Waals surface area (Å²) in [4.78, 5) is 10.2. The Balaban J connectivity index is 1.81. The molecule has 3 rings (SSSR count). The third-order valence-electron chi connectivity index (χ3n) is 3.27. The van der Waals surface area contributed by atoms with Crippen molar-refractivity contribution in [2.45, 2.75) is 38.1 Å². The average molecular weight is 294 g/mol. The van der Waals surface area contributed by atoms with Crippen LogP contribution in [0.4, 0.5) is 5.82 Å². The van der Waals surface area contributed by atoms with Crippen molar-refractivity contribution in [1.82, 2.24) is 9.97 Å². The zero-order chi connectivity index (χ0) is 13.2. The smallest absolute Gasteiger partial charge is 0.135 e. The molecule has 5 heteroatoms. The minimum atomic E-state index is 0.290. The van der Waals surface area contributed by atoms with E-state index in [9.17, 15) is 0 Å². The molecule has 0 aromatic carbocycles. The largest absolute Gasteiger partial charge is 0.362 e. The lowest BCUT2D eigenvalue weighted by Crippen LogP contribution is -2.10. The van der Waals surface area contributed by atoms with Crippen LogP contribution in [0.1, 0.15) is 48.8 Å². The van der Waals surface area contributed by atoms with Crippen molar-refractivity contribution >= 4 is 28.8 Å². The second kappa shape index (κ2) is 5.47. The number of hydrogen-bond donors (Lipinski definition) is 1. The molecule has 0 saturated heterocycles. The van der Waals surface area contributed by atoms with E-state index in [1.807, 2.05) is 6.07 Å². The van der Waals surface area contributed by atoms with E-state index in [0.717, 1.165) is 18.1 Å². The Morgan fingerprint density at radius 1 is 1.47 bits per heavy atom. The van der Waals surface area contributed by atoms with Crippen LogP contribution in [-0.2, 0) is 0 Å². The fourth-order valence-corrected chi connectivity index (χ4v) is 3.13. The predicted octanol–water partition coefficient (Wildman–Crippen LogP) is 4.63. The van der Waals surface area contributed by atoms with Crippen molar-refractivity contribution in [3.8, 4) is 0 Å².